The third kappa shape index (κ3) is 6.21. The van der Waals surface area contributed by atoms with Crippen LogP contribution in [0.1, 0.15) is 19.3 Å². The summed E-state index contributed by atoms with van der Waals surface area (Å²) in [6, 6.07) is -1.28. The van der Waals surface area contributed by atoms with Crippen molar-refractivity contribution in [3.63, 3.8) is 0 Å². The maximum atomic E-state index is 11.7. The number of methoxy groups -OCH3 is 1. The molecule has 3 N–H and O–H groups in total. The molecule has 0 bridgehead atoms. The SMILES string of the molecule is COCCCC(NC(=O)NCC1CCN(C)C1)C(=O)O. The number of carbonyl (C=O) groups is 2. The third-order valence-corrected chi connectivity index (χ3v) is 3.48. The maximum absolute atomic E-state index is 11.7. The Morgan fingerprint density at radius 2 is 2.25 bits per heavy atom. The molecule has 1 heterocycles. The number of carboxylic acid groups (broad SMARTS) is 1. The first kappa shape index (κ1) is 16.7. The molecule has 20 heavy (non-hydrogen) atoms. The van der Waals surface area contributed by atoms with Crippen molar-refractivity contribution in [2.24, 2.45) is 5.92 Å². The minimum absolute atomic E-state index is 0.364. The lowest BCUT2D eigenvalue weighted by Crippen LogP contribution is -2.47. The van der Waals surface area contributed by atoms with Gasteiger partial charge in [0.05, 0.1) is 0 Å². The molecule has 0 aromatic heterocycles. The van der Waals surface area contributed by atoms with Crippen molar-refractivity contribution in [2.45, 2.75) is 25.3 Å². The molecule has 2 atom stereocenters. The number of hydrogen-bond acceptors (Lipinski definition) is 4. The lowest BCUT2D eigenvalue weighted by atomic mass is 10.1. The molecule has 7 nitrogen and oxygen atoms in total. The average Bonchev–Trinajstić information content (AvgIpc) is 2.81. The van der Waals surface area contributed by atoms with Crippen LogP contribution in [0.25, 0.3) is 0 Å². The Labute approximate surface area is 119 Å². The number of amides is 2. The van der Waals surface area contributed by atoms with Crippen LogP contribution in [0.3, 0.4) is 0 Å². The van der Waals surface area contributed by atoms with Gasteiger partial charge in [0, 0.05) is 26.8 Å². The van der Waals surface area contributed by atoms with Crippen molar-refractivity contribution in [1.29, 1.82) is 0 Å². The summed E-state index contributed by atoms with van der Waals surface area (Å²) in [7, 11) is 3.62. The fraction of sp³-hybridized carbons (Fsp3) is 0.846. The zero-order valence-corrected chi connectivity index (χ0v) is 12.2. The molecule has 1 rings (SSSR count). The smallest absolute Gasteiger partial charge is 0.326 e. The molecule has 1 saturated heterocycles. The van der Waals surface area contributed by atoms with Crippen molar-refractivity contribution in [1.82, 2.24) is 15.5 Å². The molecular weight excluding hydrogens is 262 g/mol. The van der Waals surface area contributed by atoms with E-state index in [1.54, 1.807) is 7.11 Å². The van der Waals surface area contributed by atoms with Gasteiger partial charge in [-0.1, -0.05) is 0 Å². The van der Waals surface area contributed by atoms with E-state index in [-0.39, 0.29) is 0 Å². The van der Waals surface area contributed by atoms with E-state index >= 15 is 0 Å². The Bertz CT molecular complexity index is 325. The average molecular weight is 287 g/mol. The summed E-state index contributed by atoms with van der Waals surface area (Å²) in [5.74, 6) is -0.570. The van der Waals surface area contributed by atoms with E-state index < -0.39 is 18.0 Å². The Hall–Kier alpha value is -1.34. The highest BCUT2D eigenvalue weighted by atomic mass is 16.5. The molecule has 2 unspecified atom stereocenters. The summed E-state index contributed by atoms with van der Waals surface area (Å²) in [6.45, 7) is 3.08. The lowest BCUT2D eigenvalue weighted by Gasteiger charge is -2.16. The first-order valence-corrected chi connectivity index (χ1v) is 6.97. The largest absolute Gasteiger partial charge is 0.480 e. The molecule has 0 saturated carbocycles. The Morgan fingerprint density at radius 1 is 1.50 bits per heavy atom. The first-order valence-electron chi connectivity index (χ1n) is 6.97. The molecule has 0 aliphatic carbocycles. The fourth-order valence-corrected chi connectivity index (χ4v) is 2.33. The summed E-state index contributed by atoms with van der Waals surface area (Å²) < 4.78 is 4.88. The van der Waals surface area contributed by atoms with Gasteiger partial charge < -0.3 is 25.4 Å². The molecular formula is C13H25N3O4. The number of carbonyl (C=O) groups excluding carboxylic acids is 1. The van der Waals surface area contributed by atoms with Crippen LogP contribution in [-0.4, -0.2) is 68.4 Å². The Kier molecular flexibility index (Phi) is 7.32. The van der Waals surface area contributed by atoms with Crippen LogP contribution < -0.4 is 10.6 Å². The highest BCUT2D eigenvalue weighted by Crippen LogP contribution is 2.12. The molecule has 2 amide bonds. The molecule has 0 radical (unpaired) electrons. The van der Waals surface area contributed by atoms with Gasteiger partial charge >= 0.3 is 12.0 Å². The minimum atomic E-state index is -1.02. The Morgan fingerprint density at radius 3 is 2.80 bits per heavy atom. The van der Waals surface area contributed by atoms with Gasteiger partial charge in [0.1, 0.15) is 6.04 Å². The van der Waals surface area contributed by atoms with Gasteiger partial charge in [-0.05, 0) is 38.8 Å². The van der Waals surface area contributed by atoms with Gasteiger partial charge in [-0.15, -0.1) is 0 Å². The second-order valence-corrected chi connectivity index (χ2v) is 5.30. The quantitative estimate of drug-likeness (QED) is 0.552. The number of ether oxygens (including phenoxy) is 1. The number of nitrogens with zero attached hydrogens (tertiary/aromatic N) is 1. The van der Waals surface area contributed by atoms with E-state index in [4.69, 9.17) is 9.84 Å². The first-order chi connectivity index (χ1) is 9.52. The molecule has 1 aliphatic rings. The van der Waals surface area contributed by atoms with Crippen LogP contribution in [0.4, 0.5) is 4.79 Å². The third-order valence-electron chi connectivity index (χ3n) is 3.48. The van der Waals surface area contributed by atoms with E-state index in [2.05, 4.69) is 22.6 Å². The summed E-state index contributed by atoms with van der Waals surface area (Å²) in [5, 5.41) is 14.3. The van der Waals surface area contributed by atoms with E-state index in [1.165, 1.54) is 0 Å². The normalized spacial score (nSPS) is 20.6. The Balaban J connectivity index is 2.25. The number of hydrogen-bond donors (Lipinski definition) is 3. The molecule has 1 aliphatic heterocycles. The van der Waals surface area contributed by atoms with Gasteiger partial charge in [0.2, 0.25) is 0 Å². The molecule has 116 valence electrons. The van der Waals surface area contributed by atoms with Crippen LogP contribution in [0.15, 0.2) is 0 Å². The van der Waals surface area contributed by atoms with Gasteiger partial charge in [-0.2, -0.15) is 0 Å². The van der Waals surface area contributed by atoms with Gasteiger partial charge in [-0.3, -0.25) is 0 Å². The van der Waals surface area contributed by atoms with Gasteiger partial charge in [0.15, 0.2) is 0 Å². The summed E-state index contributed by atoms with van der Waals surface area (Å²) in [5.41, 5.74) is 0. The number of aliphatic carboxylic acids is 1. The highest BCUT2D eigenvalue weighted by Gasteiger charge is 2.22. The molecule has 7 heteroatoms. The predicted molar refractivity (Wildman–Crippen MR) is 74.7 cm³/mol. The van der Waals surface area contributed by atoms with E-state index in [9.17, 15) is 9.59 Å². The van der Waals surface area contributed by atoms with Crippen LogP contribution in [0.2, 0.25) is 0 Å². The maximum Gasteiger partial charge on any atom is 0.326 e. The van der Waals surface area contributed by atoms with E-state index in [0.29, 0.717) is 31.9 Å². The molecule has 0 spiro atoms. The number of likely N-dealkylation sites (tertiary alicyclic amines) is 1. The standard InChI is InChI=1S/C13H25N3O4/c1-16-6-5-10(9-16)8-14-13(19)15-11(12(17)18)4-3-7-20-2/h10-11H,3-9H2,1-2H3,(H,17,18)(H2,14,15,19). The van der Waals surface area contributed by atoms with Crippen molar-refractivity contribution in [3.05, 3.63) is 0 Å². The summed E-state index contributed by atoms with van der Waals surface area (Å²) in [6.07, 6.45) is 2.02. The lowest BCUT2D eigenvalue weighted by molar-refractivity contribution is -0.139. The fourth-order valence-electron chi connectivity index (χ4n) is 2.33. The second kappa shape index (κ2) is 8.76. The number of nitrogens with one attached hydrogen (secondary N) is 2. The van der Waals surface area contributed by atoms with Crippen LogP contribution >= 0.6 is 0 Å². The van der Waals surface area contributed by atoms with Gasteiger partial charge in [-0.25, -0.2) is 9.59 Å². The number of urea groups is 1. The van der Waals surface area contributed by atoms with E-state index in [1.807, 2.05) is 0 Å². The van der Waals surface area contributed by atoms with Crippen molar-refractivity contribution >= 4 is 12.0 Å². The minimum Gasteiger partial charge on any atom is -0.480 e. The van der Waals surface area contributed by atoms with Crippen molar-refractivity contribution in [2.75, 3.05) is 40.4 Å². The monoisotopic (exact) mass is 287 g/mol. The molecule has 0 aromatic carbocycles. The number of rotatable bonds is 8. The molecule has 0 aromatic rings. The second-order valence-electron chi connectivity index (χ2n) is 5.30. The zero-order chi connectivity index (χ0) is 15.0. The topological polar surface area (TPSA) is 90.9 Å². The van der Waals surface area contributed by atoms with Crippen LogP contribution in [0.5, 0.6) is 0 Å². The van der Waals surface area contributed by atoms with Crippen molar-refractivity contribution in [3.8, 4) is 0 Å². The highest BCUT2D eigenvalue weighted by molar-refractivity contribution is 5.82. The van der Waals surface area contributed by atoms with E-state index in [0.717, 1.165) is 19.5 Å². The molecule has 1 fully saturated rings. The van der Waals surface area contributed by atoms with Gasteiger partial charge in [0.25, 0.3) is 0 Å². The van der Waals surface area contributed by atoms with Crippen molar-refractivity contribution < 1.29 is 19.4 Å². The number of carboxylic acids is 1. The van der Waals surface area contributed by atoms with Crippen LogP contribution in [0, 0.1) is 5.92 Å². The summed E-state index contributed by atoms with van der Waals surface area (Å²) in [4.78, 5) is 25.0. The predicted octanol–water partition coefficient (Wildman–Crippen LogP) is 0.117. The summed E-state index contributed by atoms with van der Waals surface area (Å²) >= 11 is 0. The van der Waals surface area contributed by atoms with Crippen LogP contribution in [-0.2, 0) is 9.53 Å². The zero-order valence-electron chi connectivity index (χ0n) is 12.2.